The summed E-state index contributed by atoms with van der Waals surface area (Å²) in [5, 5.41) is 9.02. The third kappa shape index (κ3) is 4.63. The average Bonchev–Trinajstić information content (AvgIpc) is 2.39. The van der Waals surface area contributed by atoms with E-state index < -0.39 is 23.6 Å². The molecule has 1 heterocycles. The van der Waals surface area contributed by atoms with Crippen LogP contribution in [0.25, 0.3) is 0 Å². The van der Waals surface area contributed by atoms with Gasteiger partial charge in [0.25, 0.3) is 0 Å². The molecule has 0 radical (unpaired) electrons. The van der Waals surface area contributed by atoms with Crippen LogP contribution >= 0.6 is 0 Å². The molecule has 5 heteroatoms. The Morgan fingerprint density at radius 1 is 1.29 bits per heavy atom. The molecule has 0 aromatic rings. The van der Waals surface area contributed by atoms with Crippen LogP contribution in [-0.4, -0.2) is 40.8 Å². The van der Waals surface area contributed by atoms with Crippen molar-refractivity contribution < 1.29 is 19.4 Å². The first-order valence-corrected chi connectivity index (χ1v) is 6.00. The maximum absolute atomic E-state index is 11.8. The summed E-state index contributed by atoms with van der Waals surface area (Å²) in [6.45, 7) is 6.25. The fourth-order valence-corrected chi connectivity index (χ4v) is 1.84. The normalized spacial score (nSPS) is 21.8. The maximum Gasteiger partial charge on any atom is 0.410 e. The lowest BCUT2D eigenvalue weighted by Gasteiger charge is -2.27. The minimum atomic E-state index is -0.833. The number of likely N-dealkylation sites (tertiary alicyclic amines) is 1. The molecule has 1 atom stereocenters. The van der Waals surface area contributed by atoms with Crippen molar-refractivity contribution in [2.45, 2.75) is 45.6 Å². The van der Waals surface area contributed by atoms with Gasteiger partial charge in [-0.1, -0.05) is 6.42 Å². The Morgan fingerprint density at radius 2 is 1.94 bits per heavy atom. The molecular formula is C12H21NO4. The van der Waals surface area contributed by atoms with Gasteiger partial charge in [0.2, 0.25) is 0 Å². The lowest BCUT2D eigenvalue weighted by molar-refractivity contribution is -0.142. The van der Waals surface area contributed by atoms with Crippen LogP contribution in [-0.2, 0) is 9.53 Å². The summed E-state index contributed by atoms with van der Waals surface area (Å²) in [5.74, 6) is -1.30. The van der Waals surface area contributed by atoms with Crippen molar-refractivity contribution in [2.75, 3.05) is 13.1 Å². The Labute approximate surface area is 102 Å². The molecule has 1 rings (SSSR count). The summed E-state index contributed by atoms with van der Waals surface area (Å²) >= 11 is 0. The van der Waals surface area contributed by atoms with E-state index in [-0.39, 0.29) is 6.54 Å². The average molecular weight is 243 g/mol. The van der Waals surface area contributed by atoms with Gasteiger partial charge in [-0.2, -0.15) is 0 Å². The third-order valence-electron chi connectivity index (χ3n) is 2.67. The van der Waals surface area contributed by atoms with Gasteiger partial charge in [-0.15, -0.1) is 0 Å². The van der Waals surface area contributed by atoms with E-state index in [4.69, 9.17) is 9.84 Å². The number of rotatable bonds is 1. The number of carboxylic acids is 1. The molecule has 17 heavy (non-hydrogen) atoms. The van der Waals surface area contributed by atoms with Crippen molar-refractivity contribution in [3.8, 4) is 0 Å². The van der Waals surface area contributed by atoms with Crippen molar-refractivity contribution in [1.29, 1.82) is 0 Å². The second-order valence-corrected chi connectivity index (χ2v) is 5.46. The van der Waals surface area contributed by atoms with Gasteiger partial charge in [-0.25, -0.2) is 4.79 Å². The van der Waals surface area contributed by atoms with E-state index in [0.29, 0.717) is 13.0 Å². The molecule has 0 aromatic heterocycles. The highest BCUT2D eigenvalue weighted by molar-refractivity contribution is 5.73. The molecule has 0 aliphatic carbocycles. The van der Waals surface area contributed by atoms with Gasteiger partial charge in [0, 0.05) is 13.1 Å². The molecule has 1 aliphatic heterocycles. The largest absolute Gasteiger partial charge is 0.481 e. The number of carbonyl (C=O) groups excluding carboxylic acids is 1. The Kier molecular flexibility index (Phi) is 4.37. The van der Waals surface area contributed by atoms with Crippen molar-refractivity contribution in [3.05, 3.63) is 0 Å². The lowest BCUT2D eigenvalue weighted by atomic mass is 10.0. The number of nitrogens with zero attached hydrogens (tertiary/aromatic N) is 1. The summed E-state index contributed by atoms with van der Waals surface area (Å²) in [6.07, 6.45) is 1.90. The second-order valence-electron chi connectivity index (χ2n) is 5.46. The summed E-state index contributed by atoms with van der Waals surface area (Å²) in [5.41, 5.74) is -0.540. The Morgan fingerprint density at radius 3 is 2.47 bits per heavy atom. The molecule has 1 saturated heterocycles. The smallest absolute Gasteiger partial charge is 0.410 e. The summed E-state index contributed by atoms with van der Waals surface area (Å²) in [7, 11) is 0. The summed E-state index contributed by atoms with van der Waals surface area (Å²) in [6, 6.07) is 0. The predicted molar refractivity (Wildman–Crippen MR) is 62.8 cm³/mol. The number of ether oxygens (including phenoxy) is 1. The minimum Gasteiger partial charge on any atom is -0.481 e. The zero-order chi connectivity index (χ0) is 13.1. The van der Waals surface area contributed by atoms with Crippen LogP contribution < -0.4 is 0 Å². The van der Waals surface area contributed by atoms with Crippen LogP contribution in [0.2, 0.25) is 0 Å². The van der Waals surface area contributed by atoms with E-state index in [2.05, 4.69) is 0 Å². The zero-order valence-electron chi connectivity index (χ0n) is 10.7. The molecule has 0 aromatic carbocycles. The van der Waals surface area contributed by atoms with Crippen LogP contribution in [0.4, 0.5) is 4.79 Å². The molecule has 0 spiro atoms. The Balaban J connectivity index is 2.62. The second kappa shape index (κ2) is 5.38. The fraction of sp³-hybridized carbons (Fsp3) is 0.833. The van der Waals surface area contributed by atoms with Crippen LogP contribution in [0.5, 0.6) is 0 Å². The van der Waals surface area contributed by atoms with Gasteiger partial charge in [-0.3, -0.25) is 4.79 Å². The molecule has 1 fully saturated rings. The summed E-state index contributed by atoms with van der Waals surface area (Å²) in [4.78, 5) is 24.3. The van der Waals surface area contributed by atoms with Gasteiger partial charge in [0.05, 0.1) is 5.92 Å². The van der Waals surface area contributed by atoms with E-state index in [1.165, 1.54) is 4.90 Å². The standard InChI is InChI=1S/C12H21NO4/c1-12(2,3)17-11(16)13-7-5-4-6-9(8-13)10(14)15/h9H,4-8H2,1-3H3,(H,14,15). The van der Waals surface area contributed by atoms with Crippen LogP contribution in [0.3, 0.4) is 0 Å². The van der Waals surface area contributed by atoms with E-state index in [1.54, 1.807) is 20.8 Å². The molecular weight excluding hydrogens is 222 g/mol. The molecule has 1 unspecified atom stereocenters. The quantitative estimate of drug-likeness (QED) is 0.766. The molecule has 1 N–H and O–H groups in total. The SMILES string of the molecule is CC(C)(C)OC(=O)N1CCCCC(C(=O)O)C1. The summed E-state index contributed by atoms with van der Waals surface area (Å²) < 4.78 is 5.25. The molecule has 0 saturated carbocycles. The van der Waals surface area contributed by atoms with Gasteiger partial charge in [0.15, 0.2) is 0 Å². The van der Waals surface area contributed by atoms with Gasteiger partial charge in [-0.05, 0) is 33.6 Å². The number of aliphatic carboxylic acids is 1. The third-order valence-corrected chi connectivity index (χ3v) is 2.67. The van der Waals surface area contributed by atoms with E-state index >= 15 is 0 Å². The van der Waals surface area contributed by atoms with Gasteiger partial charge >= 0.3 is 12.1 Å². The first-order chi connectivity index (χ1) is 7.79. The molecule has 1 aliphatic rings. The van der Waals surface area contributed by atoms with E-state index in [9.17, 15) is 9.59 Å². The van der Waals surface area contributed by atoms with Gasteiger partial charge < -0.3 is 14.7 Å². The highest BCUT2D eigenvalue weighted by Crippen LogP contribution is 2.19. The molecule has 98 valence electrons. The van der Waals surface area contributed by atoms with E-state index in [0.717, 1.165) is 12.8 Å². The Bertz CT molecular complexity index is 295. The number of carboxylic acid groups (broad SMARTS) is 1. The topological polar surface area (TPSA) is 66.8 Å². The number of carbonyl (C=O) groups is 2. The van der Waals surface area contributed by atoms with Crippen molar-refractivity contribution >= 4 is 12.1 Å². The maximum atomic E-state index is 11.8. The predicted octanol–water partition coefficient (Wildman–Crippen LogP) is 2.11. The lowest BCUT2D eigenvalue weighted by Crippen LogP contribution is -2.40. The number of amides is 1. The number of hydrogen-bond acceptors (Lipinski definition) is 3. The molecule has 5 nitrogen and oxygen atoms in total. The fourth-order valence-electron chi connectivity index (χ4n) is 1.84. The minimum absolute atomic E-state index is 0.254. The van der Waals surface area contributed by atoms with Crippen molar-refractivity contribution in [2.24, 2.45) is 5.92 Å². The van der Waals surface area contributed by atoms with E-state index in [1.807, 2.05) is 0 Å². The molecule has 1 amide bonds. The van der Waals surface area contributed by atoms with Crippen molar-refractivity contribution in [1.82, 2.24) is 4.90 Å². The monoisotopic (exact) mass is 243 g/mol. The van der Waals surface area contributed by atoms with Crippen LogP contribution in [0.15, 0.2) is 0 Å². The van der Waals surface area contributed by atoms with Crippen LogP contribution in [0.1, 0.15) is 40.0 Å². The Hall–Kier alpha value is -1.26. The molecule has 0 bridgehead atoms. The number of hydrogen-bond donors (Lipinski definition) is 1. The highest BCUT2D eigenvalue weighted by Gasteiger charge is 2.29. The van der Waals surface area contributed by atoms with Crippen molar-refractivity contribution in [3.63, 3.8) is 0 Å². The first kappa shape index (κ1) is 13.8. The van der Waals surface area contributed by atoms with Gasteiger partial charge in [0.1, 0.15) is 5.60 Å². The van der Waals surface area contributed by atoms with Crippen LogP contribution in [0, 0.1) is 5.92 Å². The highest BCUT2D eigenvalue weighted by atomic mass is 16.6. The zero-order valence-corrected chi connectivity index (χ0v) is 10.7. The first-order valence-electron chi connectivity index (χ1n) is 6.00.